The normalized spacial score (nSPS) is 17.5. The van der Waals surface area contributed by atoms with Gasteiger partial charge in [-0.05, 0) is 6.42 Å². The van der Waals surface area contributed by atoms with Gasteiger partial charge in [0.2, 0.25) is 5.91 Å². The number of fused-ring (bicyclic) bond motifs is 1. The summed E-state index contributed by atoms with van der Waals surface area (Å²) in [6.45, 7) is 0. The molecule has 21 heavy (non-hydrogen) atoms. The lowest BCUT2D eigenvalue weighted by Gasteiger charge is -2.27. The van der Waals surface area contributed by atoms with Gasteiger partial charge in [0.15, 0.2) is 11.5 Å². The maximum atomic E-state index is 12.0. The second kappa shape index (κ2) is 5.80. The molecule has 0 aromatic heterocycles. The number of carbonyl (C=O) groups is 1. The van der Waals surface area contributed by atoms with Crippen LogP contribution in [0.15, 0.2) is 12.1 Å². The highest BCUT2D eigenvalue weighted by Crippen LogP contribution is 2.38. The molecule has 0 fully saturated rings. The van der Waals surface area contributed by atoms with Crippen molar-refractivity contribution in [3.8, 4) is 11.5 Å². The van der Waals surface area contributed by atoms with Crippen LogP contribution in [0, 0.1) is 0 Å². The first-order valence-electron chi connectivity index (χ1n) is 6.35. The lowest BCUT2D eigenvalue weighted by atomic mass is 10.1. The van der Waals surface area contributed by atoms with E-state index in [1.54, 1.807) is 12.1 Å². The van der Waals surface area contributed by atoms with Crippen LogP contribution in [0.25, 0.3) is 0 Å². The van der Waals surface area contributed by atoms with E-state index in [2.05, 4.69) is 10.6 Å². The molecular formula is C13H18N2O5S. The van der Waals surface area contributed by atoms with Crippen LogP contribution in [-0.4, -0.2) is 46.6 Å². The number of amides is 1. The van der Waals surface area contributed by atoms with Gasteiger partial charge in [-0.15, -0.1) is 0 Å². The molecule has 7 nitrogen and oxygen atoms in total. The molecule has 1 aromatic rings. The Morgan fingerprint density at radius 2 is 1.71 bits per heavy atom. The van der Waals surface area contributed by atoms with Crippen molar-refractivity contribution in [2.45, 2.75) is 12.5 Å². The van der Waals surface area contributed by atoms with Crippen molar-refractivity contribution in [3.05, 3.63) is 12.1 Å². The Labute approximate surface area is 123 Å². The highest BCUT2D eigenvalue weighted by molar-refractivity contribution is 7.90. The molecule has 1 aliphatic heterocycles. The van der Waals surface area contributed by atoms with Crippen molar-refractivity contribution < 1.29 is 22.7 Å². The summed E-state index contributed by atoms with van der Waals surface area (Å²) in [6, 6.07) is 2.78. The zero-order valence-electron chi connectivity index (χ0n) is 12.1. The largest absolute Gasteiger partial charge is 0.493 e. The van der Waals surface area contributed by atoms with Crippen LogP contribution in [0.3, 0.4) is 0 Å². The summed E-state index contributed by atoms with van der Waals surface area (Å²) in [7, 11) is -0.0807. The highest BCUT2D eigenvalue weighted by Gasteiger charge is 2.27. The predicted molar refractivity (Wildman–Crippen MR) is 79.9 cm³/mol. The Morgan fingerprint density at radius 1 is 1.14 bits per heavy atom. The Morgan fingerprint density at radius 3 is 2.24 bits per heavy atom. The summed E-state index contributed by atoms with van der Waals surface area (Å²) in [5.74, 6) is 0.717. The standard InChI is InChI=1S/C13H18N2O5S/c1-19-11-6-9-10(7-12(11)20-2)15-13(16)8(14-9)4-5-21(3,17)18/h6-8,14H,4-5H2,1-3H3,(H,15,16). The molecular weight excluding hydrogens is 296 g/mol. The SMILES string of the molecule is COc1cc2c(cc1OC)NC(CCS(C)(=O)=O)C(=O)N2. The summed E-state index contributed by atoms with van der Waals surface area (Å²) in [5.41, 5.74) is 1.25. The molecule has 2 rings (SSSR count). The van der Waals surface area contributed by atoms with Crippen molar-refractivity contribution in [1.29, 1.82) is 0 Å². The fourth-order valence-corrected chi connectivity index (χ4v) is 2.77. The first-order valence-corrected chi connectivity index (χ1v) is 8.41. The van der Waals surface area contributed by atoms with Gasteiger partial charge in [0.25, 0.3) is 0 Å². The number of anilines is 2. The van der Waals surface area contributed by atoms with E-state index >= 15 is 0 Å². The van der Waals surface area contributed by atoms with E-state index in [0.29, 0.717) is 22.9 Å². The third kappa shape index (κ3) is 3.57. The van der Waals surface area contributed by atoms with Crippen molar-refractivity contribution in [3.63, 3.8) is 0 Å². The van der Waals surface area contributed by atoms with Crippen LogP contribution < -0.4 is 20.1 Å². The molecule has 0 saturated heterocycles. The second-order valence-corrected chi connectivity index (χ2v) is 7.12. The Kier molecular flexibility index (Phi) is 4.26. The van der Waals surface area contributed by atoms with E-state index in [1.165, 1.54) is 14.2 Å². The van der Waals surface area contributed by atoms with E-state index < -0.39 is 15.9 Å². The van der Waals surface area contributed by atoms with E-state index in [9.17, 15) is 13.2 Å². The lowest BCUT2D eigenvalue weighted by molar-refractivity contribution is -0.117. The molecule has 2 N–H and O–H groups in total. The van der Waals surface area contributed by atoms with Crippen LogP contribution in [0.1, 0.15) is 6.42 Å². The average molecular weight is 314 g/mol. The number of rotatable bonds is 5. The molecule has 1 aliphatic rings. The lowest BCUT2D eigenvalue weighted by Crippen LogP contribution is -2.40. The van der Waals surface area contributed by atoms with Gasteiger partial charge in [0.1, 0.15) is 15.9 Å². The van der Waals surface area contributed by atoms with Gasteiger partial charge in [-0.2, -0.15) is 0 Å². The molecule has 1 amide bonds. The molecule has 0 aliphatic carbocycles. The number of methoxy groups -OCH3 is 2. The third-order valence-corrected chi connectivity index (χ3v) is 4.18. The maximum absolute atomic E-state index is 12.0. The first kappa shape index (κ1) is 15.4. The summed E-state index contributed by atoms with van der Waals surface area (Å²) < 4.78 is 32.8. The van der Waals surface area contributed by atoms with Crippen molar-refractivity contribution in [2.24, 2.45) is 0 Å². The summed E-state index contributed by atoms with van der Waals surface area (Å²) in [5, 5.41) is 5.77. The van der Waals surface area contributed by atoms with Crippen LogP contribution in [0.4, 0.5) is 11.4 Å². The monoisotopic (exact) mass is 314 g/mol. The number of hydrogen-bond donors (Lipinski definition) is 2. The number of sulfone groups is 1. The summed E-state index contributed by atoms with van der Waals surface area (Å²) >= 11 is 0. The number of nitrogens with one attached hydrogen (secondary N) is 2. The molecule has 1 aromatic carbocycles. The smallest absolute Gasteiger partial charge is 0.246 e. The minimum atomic E-state index is -3.11. The van der Waals surface area contributed by atoms with Crippen LogP contribution in [0.5, 0.6) is 11.5 Å². The Hall–Kier alpha value is -1.96. The Bertz CT molecular complexity index is 657. The summed E-state index contributed by atoms with van der Waals surface area (Å²) in [6.07, 6.45) is 1.36. The molecule has 0 saturated carbocycles. The fourth-order valence-electron chi connectivity index (χ4n) is 2.11. The van der Waals surface area contributed by atoms with Gasteiger partial charge in [0.05, 0.1) is 31.3 Å². The molecule has 1 atom stereocenters. The van der Waals surface area contributed by atoms with Gasteiger partial charge in [-0.3, -0.25) is 4.79 Å². The molecule has 1 heterocycles. The van der Waals surface area contributed by atoms with Gasteiger partial charge in [0, 0.05) is 18.4 Å². The molecule has 0 spiro atoms. The average Bonchev–Trinajstić information content (AvgIpc) is 2.42. The van der Waals surface area contributed by atoms with Crippen molar-refractivity contribution in [2.75, 3.05) is 36.9 Å². The zero-order valence-corrected chi connectivity index (χ0v) is 12.9. The molecule has 1 unspecified atom stereocenters. The third-order valence-electron chi connectivity index (χ3n) is 3.21. The zero-order chi connectivity index (χ0) is 15.6. The van der Waals surface area contributed by atoms with E-state index in [0.717, 1.165) is 6.26 Å². The minimum Gasteiger partial charge on any atom is -0.493 e. The van der Waals surface area contributed by atoms with Crippen LogP contribution in [0.2, 0.25) is 0 Å². The number of benzene rings is 1. The van der Waals surface area contributed by atoms with E-state index in [1.807, 2.05) is 0 Å². The molecule has 0 radical (unpaired) electrons. The van der Waals surface area contributed by atoms with E-state index in [4.69, 9.17) is 9.47 Å². The number of hydrogen-bond acceptors (Lipinski definition) is 6. The Balaban J connectivity index is 2.23. The van der Waals surface area contributed by atoms with Gasteiger partial charge in [-0.1, -0.05) is 0 Å². The summed E-state index contributed by atoms with van der Waals surface area (Å²) in [4.78, 5) is 12.0. The topological polar surface area (TPSA) is 93.7 Å². The first-order chi connectivity index (χ1) is 9.84. The number of carbonyl (C=O) groups excluding carboxylic acids is 1. The highest BCUT2D eigenvalue weighted by atomic mass is 32.2. The van der Waals surface area contributed by atoms with Gasteiger partial charge >= 0.3 is 0 Å². The van der Waals surface area contributed by atoms with Crippen LogP contribution in [-0.2, 0) is 14.6 Å². The predicted octanol–water partition coefficient (Wildman–Crippen LogP) is 0.871. The van der Waals surface area contributed by atoms with Gasteiger partial charge in [-0.25, -0.2) is 8.42 Å². The van der Waals surface area contributed by atoms with Crippen molar-refractivity contribution in [1.82, 2.24) is 0 Å². The second-order valence-electron chi connectivity index (χ2n) is 4.86. The van der Waals surface area contributed by atoms with Crippen LogP contribution >= 0.6 is 0 Å². The number of ether oxygens (including phenoxy) is 2. The molecule has 116 valence electrons. The van der Waals surface area contributed by atoms with Gasteiger partial charge < -0.3 is 20.1 Å². The van der Waals surface area contributed by atoms with E-state index in [-0.39, 0.29) is 18.1 Å². The quantitative estimate of drug-likeness (QED) is 0.837. The fraction of sp³-hybridized carbons (Fsp3) is 0.462. The van der Waals surface area contributed by atoms with Crippen molar-refractivity contribution >= 4 is 27.1 Å². The maximum Gasteiger partial charge on any atom is 0.246 e. The molecule has 0 bridgehead atoms. The minimum absolute atomic E-state index is 0.0549. The molecule has 8 heteroatoms.